The monoisotopic (exact) mass is 502 g/mol. The molecule has 0 N–H and O–H groups in total. The van der Waals surface area contributed by atoms with Crippen LogP contribution in [-0.2, 0) is 16.0 Å². The second-order valence-corrected chi connectivity index (χ2v) is 11.2. The summed E-state index contributed by atoms with van der Waals surface area (Å²) in [5.74, 6) is -0.361. The molecule has 0 saturated carbocycles. The first-order valence-electron chi connectivity index (χ1n) is 12.4. The van der Waals surface area contributed by atoms with Gasteiger partial charge in [-0.15, -0.1) is 0 Å². The SMILES string of the molecule is Cc1cc(C)c(N2C(=O)C(C)(C)C(=O)N(c3c(C)cc(C)cc3C)C2Cc2ccc(Cl)cc2)c(C)c1. The van der Waals surface area contributed by atoms with E-state index in [1.54, 1.807) is 13.8 Å². The topological polar surface area (TPSA) is 40.6 Å². The van der Waals surface area contributed by atoms with Crippen LogP contribution in [-0.4, -0.2) is 18.0 Å². The Morgan fingerprint density at radius 3 is 1.42 bits per heavy atom. The Kier molecular flexibility index (Phi) is 6.78. The van der Waals surface area contributed by atoms with E-state index in [2.05, 4.69) is 38.1 Å². The van der Waals surface area contributed by atoms with Gasteiger partial charge in [-0.05, 0) is 95.3 Å². The molecule has 0 bridgehead atoms. The number of halogens is 1. The van der Waals surface area contributed by atoms with Crippen molar-refractivity contribution in [1.82, 2.24) is 0 Å². The lowest BCUT2D eigenvalue weighted by Crippen LogP contribution is -2.68. The molecule has 0 aliphatic carbocycles. The van der Waals surface area contributed by atoms with Gasteiger partial charge in [-0.1, -0.05) is 59.1 Å². The minimum absolute atomic E-state index is 0.180. The van der Waals surface area contributed by atoms with Crippen molar-refractivity contribution >= 4 is 34.8 Å². The Morgan fingerprint density at radius 2 is 1.06 bits per heavy atom. The molecule has 1 heterocycles. The third kappa shape index (κ3) is 4.43. The van der Waals surface area contributed by atoms with Gasteiger partial charge in [-0.2, -0.15) is 0 Å². The first kappa shape index (κ1) is 26.0. The van der Waals surface area contributed by atoms with Crippen LogP contribution < -0.4 is 9.80 Å². The number of amides is 2. The van der Waals surface area contributed by atoms with Crippen molar-refractivity contribution in [2.75, 3.05) is 9.80 Å². The molecular weight excluding hydrogens is 468 g/mol. The fraction of sp³-hybridized carbons (Fsp3) is 0.355. The smallest absolute Gasteiger partial charge is 0.243 e. The number of rotatable bonds is 4. The van der Waals surface area contributed by atoms with Gasteiger partial charge in [-0.25, -0.2) is 0 Å². The highest BCUT2D eigenvalue weighted by Crippen LogP contribution is 2.42. The number of carbonyl (C=O) groups excluding carboxylic acids is 2. The maximum atomic E-state index is 14.2. The Morgan fingerprint density at radius 1 is 0.694 bits per heavy atom. The Hall–Kier alpha value is -3.11. The zero-order chi connectivity index (χ0) is 26.5. The van der Waals surface area contributed by atoms with Gasteiger partial charge in [0.1, 0.15) is 11.6 Å². The van der Waals surface area contributed by atoms with Gasteiger partial charge in [0.25, 0.3) is 0 Å². The molecule has 2 amide bonds. The average Bonchev–Trinajstić information content (AvgIpc) is 2.77. The Balaban J connectivity index is 2.02. The number of anilines is 2. The summed E-state index contributed by atoms with van der Waals surface area (Å²) in [6.45, 7) is 15.8. The van der Waals surface area contributed by atoms with Crippen LogP contribution in [0.1, 0.15) is 52.8 Å². The predicted octanol–water partition coefficient (Wildman–Crippen LogP) is 7.17. The second kappa shape index (κ2) is 9.40. The molecule has 1 aliphatic rings. The van der Waals surface area contributed by atoms with Crippen molar-refractivity contribution in [2.45, 2.75) is 68.0 Å². The molecule has 188 valence electrons. The summed E-state index contributed by atoms with van der Waals surface area (Å²) in [4.78, 5) is 32.1. The number of benzene rings is 3. The van der Waals surface area contributed by atoms with Crippen LogP contribution in [0.2, 0.25) is 5.02 Å². The van der Waals surface area contributed by atoms with E-state index in [1.165, 1.54) is 0 Å². The zero-order valence-electron chi connectivity index (χ0n) is 22.5. The van der Waals surface area contributed by atoms with E-state index >= 15 is 0 Å². The molecule has 0 radical (unpaired) electrons. The molecule has 1 saturated heterocycles. The van der Waals surface area contributed by atoms with Crippen LogP contribution in [0.25, 0.3) is 0 Å². The largest absolute Gasteiger partial charge is 0.289 e. The van der Waals surface area contributed by atoms with Crippen LogP contribution in [0.15, 0.2) is 48.5 Å². The maximum Gasteiger partial charge on any atom is 0.243 e. The lowest BCUT2D eigenvalue weighted by Gasteiger charge is -2.50. The van der Waals surface area contributed by atoms with Crippen LogP contribution in [0.5, 0.6) is 0 Å². The van der Waals surface area contributed by atoms with Crippen LogP contribution in [0, 0.1) is 47.0 Å². The average molecular weight is 503 g/mol. The Bertz CT molecular complexity index is 1230. The molecule has 0 unspecified atom stereocenters. The van der Waals surface area contributed by atoms with Crippen molar-refractivity contribution in [3.05, 3.63) is 92.5 Å². The fourth-order valence-electron chi connectivity index (χ4n) is 5.70. The Labute approximate surface area is 219 Å². The van der Waals surface area contributed by atoms with E-state index in [-0.39, 0.29) is 11.8 Å². The lowest BCUT2D eigenvalue weighted by atomic mass is 9.83. The summed E-state index contributed by atoms with van der Waals surface area (Å²) in [6, 6.07) is 16.1. The molecule has 1 aliphatic heterocycles. The molecule has 1 fully saturated rings. The normalized spacial score (nSPS) is 16.1. The van der Waals surface area contributed by atoms with Crippen molar-refractivity contribution in [3.63, 3.8) is 0 Å². The molecule has 3 aromatic carbocycles. The van der Waals surface area contributed by atoms with Gasteiger partial charge < -0.3 is 0 Å². The third-order valence-electron chi connectivity index (χ3n) is 7.19. The van der Waals surface area contributed by atoms with Crippen molar-refractivity contribution in [1.29, 1.82) is 0 Å². The van der Waals surface area contributed by atoms with Gasteiger partial charge in [-0.3, -0.25) is 19.4 Å². The summed E-state index contributed by atoms with van der Waals surface area (Å²) in [6.07, 6.45) is -0.0519. The highest BCUT2D eigenvalue weighted by Gasteiger charge is 2.53. The predicted molar refractivity (Wildman–Crippen MR) is 149 cm³/mol. The molecule has 4 nitrogen and oxygen atoms in total. The van der Waals surface area contributed by atoms with Crippen LogP contribution in [0.3, 0.4) is 0 Å². The standard InChI is InChI=1S/C31H35ClN2O2/c1-18-13-20(3)27(21(4)14-18)33-26(17-24-9-11-25(32)12-10-24)34(30(36)31(7,8)29(33)35)28-22(5)15-19(2)16-23(28)6/h9-16,26H,17H2,1-8H3. The number of hydrogen-bond donors (Lipinski definition) is 0. The minimum atomic E-state index is -1.22. The third-order valence-corrected chi connectivity index (χ3v) is 7.44. The molecule has 3 aromatic rings. The van der Waals surface area contributed by atoms with Crippen LogP contribution >= 0.6 is 11.6 Å². The molecule has 36 heavy (non-hydrogen) atoms. The highest BCUT2D eigenvalue weighted by molar-refractivity contribution is 6.30. The van der Waals surface area contributed by atoms with E-state index in [0.29, 0.717) is 11.4 Å². The number of aryl methyl sites for hydroxylation is 6. The van der Waals surface area contributed by atoms with Gasteiger partial charge in [0.05, 0.1) is 11.4 Å². The number of nitrogens with zero attached hydrogens (tertiary/aromatic N) is 2. The van der Waals surface area contributed by atoms with Gasteiger partial charge in [0, 0.05) is 11.4 Å². The molecule has 4 rings (SSSR count). The fourth-order valence-corrected chi connectivity index (χ4v) is 5.83. The van der Waals surface area contributed by atoms with E-state index in [0.717, 1.165) is 50.3 Å². The van der Waals surface area contributed by atoms with E-state index < -0.39 is 11.6 Å². The van der Waals surface area contributed by atoms with E-state index in [1.807, 2.05) is 61.8 Å². The second-order valence-electron chi connectivity index (χ2n) is 10.8. The highest BCUT2D eigenvalue weighted by atomic mass is 35.5. The van der Waals surface area contributed by atoms with E-state index in [9.17, 15) is 9.59 Å². The van der Waals surface area contributed by atoms with Crippen molar-refractivity contribution in [3.8, 4) is 0 Å². The molecular formula is C31H35ClN2O2. The summed E-state index contributed by atoms with van der Waals surface area (Å²) in [5.41, 5.74) is 7.89. The first-order valence-corrected chi connectivity index (χ1v) is 12.8. The summed E-state index contributed by atoms with van der Waals surface area (Å²) in [5, 5.41) is 0.653. The van der Waals surface area contributed by atoms with Crippen molar-refractivity contribution < 1.29 is 9.59 Å². The summed E-state index contributed by atoms with van der Waals surface area (Å²) < 4.78 is 0. The molecule has 0 atom stereocenters. The van der Waals surface area contributed by atoms with Gasteiger partial charge >= 0.3 is 0 Å². The molecule has 5 heteroatoms. The van der Waals surface area contributed by atoms with E-state index in [4.69, 9.17) is 11.6 Å². The maximum absolute atomic E-state index is 14.2. The van der Waals surface area contributed by atoms with Gasteiger partial charge in [0.15, 0.2) is 0 Å². The quantitative estimate of drug-likeness (QED) is 0.355. The summed E-state index contributed by atoms with van der Waals surface area (Å²) in [7, 11) is 0. The van der Waals surface area contributed by atoms with Crippen molar-refractivity contribution in [2.24, 2.45) is 5.41 Å². The zero-order valence-corrected chi connectivity index (χ0v) is 23.2. The number of carbonyl (C=O) groups is 2. The lowest BCUT2D eigenvalue weighted by molar-refractivity contribution is -0.141. The van der Waals surface area contributed by atoms with Crippen LogP contribution in [0.4, 0.5) is 11.4 Å². The number of hydrogen-bond acceptors (Lipinski definition) is 2. The summed E-state index contributed by atoms with van der Waals surface area (Å²) >= 11 is 6.17. The first-order chi connectivity index (χ1) is 16.8. The van der Waals surface area contributed by atoms with Gasteiger partial charge in [0.2, 0.25) is 11.8 Å². The molecule has 0 spiro atoms. The minimum Gasteiger partial charge on any atom is -0.289 e. The molecule has 0 aromatic heterocycles.